The Morgan fingerprint density at radius 3 is 2.52 bits per heavy atom. The number of hydrogen-bond acceptors (Lipinski definition) is 3. The molecule has 4 nitrogen and oxygen atoms in total. The second kappa shape index (κ2) is 8.48. The molecule has 1 fully saturated rings. The van der Waals surface area contributed by atoms with E-state index in [9.17, 15) is 9.59 Å². The highest BCUT2D eigenvalue weighted by Gasteiger charge is 2.25. The third-order valence-corrected chi connectivity index (χ3v) is 5.00. The third kappa shape index (κ3) is 4.14. The Morgan fingerprint density at radius 1 is 1.26 bits per heavy atom. The molecule has 0 unspecified atom stereocenters. The molecule has 0 atom stereocenters. The normalized spacial score (nSPS) is 15.3. The summed E-state index contributed by atoms with van der Waals surface area (Å²) in [4.78, 5) is 26.7. The molecule has 23 heavy (non-hydrogen) atoms. The number of alkyl halides is 1. The molecule has 2 rings (SSSR count). The van der Waals surface area contributed by atoms with Gasteiger partial charge in [-0.05, 0) is 38.0 Å². The van der Waals surface area contributed by atoms with E-state index in [-0.39, 0.29) is 17.0 Å². The van der Waals surface area contributed by atoms with Gasteiger partial charge in [0, 0.05) is 18.2 Å². The molecule has 1 saturated carbocycles. The van der Waals surface area contributed by atoms with E-state index in [2.05, 4.69) is 15.9 Å². The van der Waals surface area contributed by atoms with Crippen molar-refractivity contribution in [1.29, 1.82) is 0 Å². The first-order valence-electron chi connectivity index (χ1n) is 8.20. The van der Waals surface area contributed by atoms with Crippen LogP contribution in [0.25, 0.3) is 0 Å². The van der Waals surface area contributed by atoms with Crippen molar-refractivity contribution in [1.82, 2.24) is 4.90 Å². The van der Waals surface area contributed by atoms with Crippen molar-refractivity contribution in [2.75, 3.05) is 19.0 Å². The van der Waals surface area contributed by atoms with Crippen molar-refractivity contribution in [2.24, 2.45) is 0 Å². The predicted octanol–water partition coefficient (Wildman–Crippen LogP) is 4.07. The van der Waals surface area contributed by atoms with Gasteiger partial charge in [0.25, 0.3) is 5.91 Å². The molecular formula is C18H24BrNO3. The highest BCUT2D eigenvalue weighted by atomic mass is 79.9. The number of halogens is 1. The minimum atomic E-state index is -0.0551. The summed E-state index contributed by atoms with van der Waals surface area (Å²) >= 11 is 3.17. The molecule has 1 aliphatic rings. The van der Waals surface area contributed by atoms with Crippen LogP contribution in [0.2, 0.25) is 0 Å². The van der Waals surface area contributed by atoms with Crippen LogP contribution < -0.4 is 4.74 Å². The van der Waals surface area contributed by atoms with Crippen molar-refractivity contribution in [2.45, 2.75) is 45.1 Å². The van der Waals surface area contributed by atoms with Crippen LogP contribution in [0.5, 0.6) is 5.75 Å². The first-order chi connectivity index (χ1) is 11.1. The van der Waals surface area contributed by atoms with Gasteiger partial charge < -0.3 is 9.64 Å². The summed E-state index contributed by atoms with van der Waals surface area (Å²) in [6.07, 6.45) is 5.81. The lowest BCUT2D eigenvalue weighted by atomic mass is 9.93. The Balaban J connectivity index is 2.25. The van der Waals surface area contributed by atoms with Gasteiger partial charge in [-0.15, -0.1) is 0 Å². The van der Waals surface area contributed by atoms with E-state index in [0.717, 1.165) is 12.8 Å². The van der Waals surface area contributed by atoms with Gasteiger partial charge in [0.05, 0.1) is 18.0 Å². The number of carbonyl (C=O) groups excluding carboxylic acids is 2. The second-order valence-electron chi connectivity index (χ2n) is 5.85. The molecule has 0 aliphatic heterocycles. The Kier molecular flexibility index (Phi) is 6.63. The zero-order chi connectivity index (χ0) is 16.8. The fraction of sp³-hybridized carbons (Fsp3) is 0.556. The number of amides is 1. The van der Waals surface area contributed by atoms with Crippen LogP contribution in [0.3, 0.4) is 0 Å². The lowest BCUT2D eigenvalue weighted by molar-refractivity contribution is 0.0647. The van der Waals surface area contributed by atoms with Gasteiger partial charge >= 0.3 is 0 Å². The van der Waals surface area contributed by atoms with Crippen LogP contribution in [0.4, 0.5) is 0 Å². The van der Waals surface area contributed by atoms with Crippen LogP contribution in [0, 0.1) is 0 Å². The molecule has 0 N–H and O–H groups in total. The lowest BCUT2D eigenvalue weighted by Gasteiger charge is -2.33. The van der Waals surface area contributed by atoms with Crippen molar-refractivity contribution in [3.05, 3.63) is 29.3 Å². The van der Waals surface area contributed by atoms with Gasteiger partial charge in [-0.3, -0.25) is 9.59 Å². The number of hydrogen-bond donors (Lipinski definition) is 0. The molecule has 0 radical (unpaired) electrons. The van der Waals surface area contributed by atoms with Gasteiger partial charge in [-0.1, -0.05) is 35.2 Å². The van der Waals surface area contributed by atoms with E-state index >= 15 is 0 Å². The Morgan fingerprint density at radius 2 is 1.96 bits per heavy atom. The number of benzene rings is 1. The molecule has 0 heterocycles. The second-order valence-corrected chi connectivity index (χ2v) is 6.42. The number of rotatable bonds is 6. The fourth-order valence-electron chi connectivity index (χ4n) is 3.25. The van der Waals surface area contributed by atoms with Gasteiger partial charge in [0.1, 0.15) is 5.75 Å². The van der Waals surface area contributed by atoms with Crippen molar-refractivity contribution in [3.63, 3.8) is 0 Å². The smallest absolute Gasteiger partial charge is 0.254 e. The maximum atomic E-state index is 12.9. The number of nitrogens with zero attached hydrogens (tertiary/aromatic N) is 1. The summed E-state index contributed by atoms with van der Waals surface area (Å²) < 4.78 is 5.31. The van der Waals surface area contributed by atoms with Crippen molar-refractivity contribution >= 4 is 27.6 Å². The van der Waals surface area contributed by atoms with E-state index in [1.807, 2.05) is 11.8 Å². The zero-order valence-corrected chi connectivity index (χ0v) is 15.4. The van der Waals surface area contributed by atoms with E-state index in [1.54, 1.807) is 18.2 Å². The minimum absolute atomic E-state index is 0.0236. The molecule has 0 spiro atoms. The summed E-state index contributed by atoms with van der Waals surface area (Å²) in [7, 11) is 1.52. The molecule has 0 saturated heterocycles. The standard InChI is InChI=1S/C18H24BrNO3/c1-3-20(14-7-5-4-6-8-14)18(22)13-9-10-15(16(21)12-19)17(11-13)23-2/h9-11,14H,3-8,12H2,1-2H3. The molecule has 0 aromatic heterocycles. The molecule has 126 valence electrons. The van der Waals surface area contributed by atoms with E-state index in [0.29, 0.717) is 29.5 Å². The number of carbonyl (C=O) groups is 2. The maximum Gasteiger partial charge on any atom is 0.254 e. The van der Waals surface area contributed by atoms with Gasteiger partial charge in [-0.25, -0.2) is 0 Å². The molecule has 1 aliphatic carbocycles. The number of ether oxygens (including phenoxy) is 1. The van der Waals surface area contributed by atoms with Crippen molar-refractivity contribution in [3.8, 4) is 5.75 Å². The maximum absolute atomic E-state index is 12.9. The SMILES string of the molecule is CCN(C(=O)c1ccc(C(=O)CBr)c(OC)c1)C1CCCCC1. The average Bonchev–Trinajstić information content (AvgIpc) is 2.61. The first-order valence-corrected chi connectivity index (χ1v) is 9.32. The number of ketones is 1. The van der Waals surface area contributed by atoms with Gasteiger partial charge in [0.2, 0.25) is 0 Å². The topological polar surface area (TPSA) is 46.6 Å². The monoisotopic (exact) mass is 381 g/mol. The Labute approximate surface area is 146 Å². The van der Waals surface area contributed by atoms with Gasteiger partial charge in [-0.2, -0.15) is 0 Å². The molecule has 1 aromatic rings. The number of methoxy groups -OCH3 is 1. The average molecular weight is 382 g/mol. The van der Waals surface area contributed by atoms with Crippen LogP contribution in [0.15, 0.2) is 18.2 Å². The quantitative estimate of drug-likeness (QED) is 0.551. The van der Waals surface area contributed by atoms with Crippen molar-refractivity contribution < 1.29 is 14.3 Å². The Bertz CT molecular complexity index is 567. The van der Waals surface area contributed by atoms with E-state index < -0.39 is 0 Å². The Hall–Kier alpha value is -1.36. The summed E-state index contributed by atoms with van der Waals surface area (Å²) in [6, 6.07) is 5.43. The molecule has 1 amide bonds. The van der Waals surface area contributed by atoms with Crippen LogP contribution in [-0.2, 0) is 0 Å². The van der Waals surface area contributed by atoms with Crippen LogP contribution in [-0.4, -0.2) is 41.6 Å². The highest BCUT2D eigenvalue weighted by Crippen LogP contribution is 2.26. The van der Waals surface area contributed by atoms with Crippen LogP contribution in [0.1, 0.15) is 59.7 Å². The third-order valence-electron chi connectivity index (χ3n) is 4.49. The highest BCUT2D eigenvalue weighted by molar-refractivity contribution is 9.09. The summed E-state index contributed by atoms with van der Waals surface area (Å²) in [6.45, 7) is 2.72. The van der Waals surface area contributed by atoms with Gasteiger partial charge in [0.15, 0.2) is 5.78 Å². The summed E-state index contributed by atoms with van der Waals surface area (Å²) in [5, 5.41) is 0.236. The summed E-state index contributed by atoms with van der Waals surface area (Å²) in [5.74, 6) is 0.427. The molecule has 1 aromatic carbocycles. The fourth-order valence-corrected chi connectivity index (χ4v) is 3.55. The molecular weight excluding hydrogens is 358 g/mol. The minimum Gasteiger partial charge on any atom is -0.496 e. The van der Waals surface area contributed by atoms with E-state index in [1.165, 1.54) is 26.4 Å². The molecule has 5 heteroatoms. The summed E-state index contributed by atoms with van der Waals surface area (Å²) in [5.41, 5.74) is 1.09. The predicted molar refractivity (Wildman–Crippen MR) is 94.7 cm³/mol. The number of Topliss-reactive ketones (excluding diaryl/α,β-unsaturated/α-hetero) is 1. The molecule has 0 bridgehead atoms. The zero-order valence-electron chi connectivity index (χ0n) is 13.8. The lowest BCUT2D eigenvalue weighted by Crippen LogP contribution is -2.41. The largest absolute Gasteiger partial charge is 0.496 e. The first kappa shape index (κ1) is 18.0. The van der Waals surface area contributed by atoms with E-state index in [4.69, 9.17) is 4.74 Å². The van der Waals surface area contributed by atoms with Crippen LogP contribution >= 0.6 is 15.9 Å².